The maximum absolute atomic E-state index is 13.6. The molecule has 3 aromatic rings. The number of imide groups is 1. The van der Waals surface area contributed by atoms with Gasteiger partial charge in [0, 0.05) is 15.6 Å². The number of hydrogen-bond acceptors (Lipinski definition) is 6. The molecule has 0 radical (unpaired) electrons. The van der Waals surface area contributed by atoms with E-state index in [2.05, 4.69) is 5.32 Å². The topological polar surface area (TPSA) is 75.7 Å². The van der Waals surface area contributed by atoms with E-state index in [1.165, 1.54) is 11.8 Å². The SMILES string of the molecule is Cc1ccc(NC2=C(Sc3ccc(Cl)cc3)C(=O)N(c3ccc(C(=O)OC(C)C)cc3)C2=O)cc1C. The first-order chi connectivity index (χ1) is 17.1. The molecule has 1 heterocycles. The minimum atomic E-state index is -0.479. The Labute approximate surface area is 219 Å². The highest BCUT2D eigenvalue weighted by atomic mass is 35.5. The van der Waals surface area contributed by atoms with Crippen molar-refractivity contribution in [2.75, 3.05) is 10.2 Å². The number of amides is 2. The quantitative estimate of drug-likeness (QED) is 0.282. The first-order valence-electron chi connectivity index (χ1n) is 11.4. The van der Waals surface area contributed by atoms with Gasteiger partial charge in [-0.1, -0.05) is 29.4 Å². The molecular formula is C28H25ClN2O4S. The summed E-state index contributed by atoms with van der Waals surface area (Å²) in [4.78, 5) is 41.4. The summed E-state index contributed by atoms with van der Waals surface area (Å²) >= 11 is 7.21. The first kappa shape index (κ1) is 25.5. The fourth-order valence-electron chi connectivity index (χ4n) is 3.56. The van der Waals surface area contributed by atoms with E-state index in [1.54, 1.807) is 62.4 Å². The van der Waals surface area contributed by atoms with Gasteiger partial charge in [-0.05, 0) is 99.5 Å². The molecule has 1 aliphatic heterocycles. The van der Waals surface area contributed by atoms with Crippen molar-refractivity contribution in [1.82, 2.24) is 0 Å². The van der Waals surface area contributed by atoms with Crippen molar-refractivity contribution >= 4 is 52.5 Å². The van der Waals surface area contributed by atoms with Crippen LogP contribution in [0.3, 0.4) is 0 Å². The van der Waals surface area contributed by atoms with Gasteiger partial charge in [-0.3, -0.25) is 9.59 Å². The molecule has 0 aliphatic carbocycles. The second-order valence-corrected chi connectivity index (χ2v) is 10.2. The molecule has 6 nitrogen and oxygen atoms in total. The second-order valence-electron chi connectivity index (χ2n) is 8.63. The third-order valence-electron chi connectivity index (χ3n) is 5.56. The zero-order valence-electron chi connectivity index (χ0n) is 20.3. The number of carbonyl (C=O) groups is 3. The highest BCUT2D eigenvalue weighted by Crippen LogP contribution is 2.38. The number of benzene rings is 3. The molecule has 1 aliphatic rings. The van der Waals surface area contributed by atoms with E-state index in [0.29, 0.717) is 22.0 Å². The Bertz CT molecular complexity index is 1370. The summed E-state index contributed by atoms with van der Waals surface area (Å²) in [5, 5.41) is 3.75. The van der Waals surface area contributed by atoms with E-state index < -0.39 is 17.8 Å². The van der Waals surface area contributed by atoms with E-state index in [0.717, 1.165) is 20.9 Å². The summed E-state index contributed by atoms with van der Waals surface area (Å²) < 4.78 is 5.22. The number of rotatable bonds is 7. The van der Waals surface area contributed by atoms with Crippen LogP contribution in [0.4, 0.5) is 11.4 Å². The number of nitrogens with zero attached hydrogens (tertiary/aromatic N) is 1. The molecule has 0 saturated heterocycles. The molecule has 0 bridgehead atoms. The third-order valence-corrected chi connectivity index (χ3v) is 6.90. The number of ether oxygens (including phenoxy) is 1. The van der Waals surface area contributed by atoms with Gasteiger partial charge in [0.05, 0.1) is 17.4 Å². The van der Waals surface area contributed by atoms with Crippen LogP contribution in [0.5, 0.6) is 0 Å². The van der Waals surface area contributed by atoms with E-state index in [-0.39, 0.29) is 16.7 Å². The molecule has 8 heteroatoms. The zero-order valence-corrected chi connectivity index (χ0v) is 21.9. The summed E-state index contributed by atoms with van der Waals surface area (Å²) in [6.45, 7) is 7.53. The minimum absolute atomic E-state index is 0.187. The molecule has 4 rings (SSSR count). The van der Waals surface area contributed by atoms with Gasteiger partial charge in [0.15, 0.2) is 0 Å². The van der Waals surface area contributed by atoms with Crippen LogP contribution < -0.4 is 10.2 Å². The average molecular weight is 521 g/mol. The van der Waals surface area contributed by atoms with Crippen molar-refractivity contribution in [2.45, 2.75) is 38.7 Å². The number of hydrogen-bond donors (Lipinski definition) is 1. The largest absolute Gasteiger partial charge is 0.459 e. The van der Waals surface area contributed by atoms with Gasteiger partial charge in [0.2, 0.25) is 0 Å². The van der Waals surface area contributed by atoms with E-state index in [1.807, 2.05) is 32.0 Å². The molecule has 2 amide bonds. The smallest absolute Gasteiger partial charge is 0.338 e. The van der Waals surface area contributed by atoms with Crippen molar-refractivity contribution in [1.29, 1.82) is 0 Å². The molecule has 36 heavy (non-hydrogen) atoms. The van der Waals surface area contributed by atoms with Crippen LogP contribution >= 0.6 is 23.4 Å². The zero-order chi connectivity index (χ0) is 26.0. The van der Waals surface area contributed by atoms with Gasteiger partial charge in [-0.2, -0.15) is 0 Å². The van der Waals surface area contributed by atoms with Crippen LogP contribution in [0.15, 0.2) is 82.2 Å². The standard InChI is InChI=1S/C28H25ClN2O4S/c1-16(2)35-28(34)19-6-11-22(12-7-19)31-26(32)24(30-21-10-5-17(3)18(4)15-21)25(27(31)33)36-23-13-8-20(29)9-14-23/h5-16,30H,1-4H3. The van der Waals surface area contributed by atoms with E-state index in [9.17, 15) is 14.4 Å². The molecule has 1 N–H and O–H groups in total. The molecule has 3 aromatic carbocycles. The Hall–Kier alpha value is -3.55. The predicted molar refractivity (Wildman–Crippen MR) is 143 cm³/mol. The number of halogens is 1. The highest BCUT2D eigenvalue weighted by molar-refractivity contribution is 8.04. The maximum Gasteiger partial charge on any atom is 0.338 e. The van der Waals surface area contributed by atoms with Crippen molar-refractivity contribution in [3.05, 3.63) is 99.0 Å². The van der Waals surface area contributed by atoms with Gasteiger partial charge in [0.25, 0.3) is 11.8 Å². The van der Waals surface area contributed by atoms with Crippen LogP contribution in [-0.2, 0) is 14.3 Å². The van der Waals surface area contributed by atoms with Gasteiger partial charge >= 0.3 is 5.97 Å². The van der Waals surface area contributed by atoms with Crippen LogP contribution in [-0.4, -0.2) is 23.9 Å². The van der Waals surface area contributed by atoms with Gasteiger partial charge in [-0.15, -0.1) is 0 Å². The first-order valence-corrected chi connectivity index (χ1v) is 12.6. The molecule has 0 saturated carbocycles. The molecular weight excluding hydrogens is 496 g/mol. The summed E-state index contributed by atoms with van der Waals surface area (Å²) in [6, 6.07) is 19.0. The van der Waals surface area contributed by atoms with Crippen LogP contribution in [0.1, 0.15) is 35.3 Å². The van der Waals surface area contributed by atoms with Crippen molar-refractivity contribution in [3.63, 3.8) is 0 Å². The fraction of sp³-hybridized carbons (Fsp3) is 0.179. The van der Waals surface area contributed by atoms with E-state index >= 15 is 0 Å². The highest BCUT2D eigenvalue weighted by Gasteiger charge is 2.40. The minimum Gasteiger partial charge on any atom is -0.459 e. The summed E-state index contributed by atoms with van der Waals surface area (Å²) in [5.74, 6) is -1.40. The number of anilines is 2. The lowest BCUT2D eigenvalue weighted by atomic mass is 10.1. The van der Waals surface area contributed by atoms with Crippen LogP contribution in [0.2, 0.25) is 5.02 Å². The number of thioether (sulfide) groups is 1. The molecule has 0 atom stereocenters. The molecule has 184 valence electrons. The Balaban J connectivity index is 1.68. The van der Waals surface area contributed by atoms with Crippen molar-refractivity contribution < 1.29 is 19.1 Å². The van der Waals surface area contributed by atoms with Crippen molar-refractivity contribution in [3.8, 4) is 0 Å². The van der Waals surface area contributed by atoms with Gasteiger partial charge in [0.1, 0.15) is 10.6 Å². The molecule has 0 spiro atoms. The summed E-state index contributed by atoms with van der Waals surface area (Å²) in [6.07, 6.45) is -0.255. The van der Waals surface area contributed by atoms with E-state index in [4.69, 9.17) is 16.3 Å². The fourth-order valence-corrected chi connectivity index (χ4v) is 4.61. The normalized spacial score (nSPS) is 13.6. The van der Waals surface area contributed by atoms with Gasteiger partial charge in [-0.25, -0.2) is 9.69 Å². The number of esters is 1. The number of carbonyl (C=O) groups excluding carboxylic acids is 3. The van der Waals surface area contributed by atoms with Crippen LogP contribution in [0.25, 0.3) is 0 Å². The Morgan fingerprint density at radius 1 is 0.917 bits per heavy atom. The third kappa shape index (κ3) is 5.48. The molecule has 0 aromatic heterocycles. The van der Waals surface area contributed by atoms with Crippen LogP contribution in [0, 0.1) is 13.8 Å². The average Bonchev–Trinajstić information content (AvgIpc) is 3.06. The Morgan fingerprint density at radius 3 is 2.19 bits per heavy atom. The van der Waals surface area contributed by atoms with Crippen molar-refractivity contribution in [2.24, 2.45) is 0 Å². The summed E-state index contributed by atoms with van der Waals surface area (Å²) in [5.41, 5.74) is 3.77. The number of aryl methyl sites for hydroxylation is 2. The number of nitrogens with one attached hydrogen (secondary N) is 1. The molecule has 0 fully saturated rings. The van der Waals surface area contributed by atoms with Gasteiger partial charge < -0.3 is 10.1 Å². The Morgan fingerprint density at radius 2 is 1.58 bits per heavy atom. The lowest BCUT2D eigenvalue weighted by Gasteiger charge is -2.16. The maximum atomic E-state index is 13.6. The predicted octanol–water partition coefficient (Wildman–Crippen LogP) is 6.51. The Kier molecular flexibility index (Phi) is 7.52. The lowest BCUT2D eigenvalue weighted by Crippen LogP contribution is -2.32. The lowest BCUT2D eigenvalue weighted by molar-refractivity contribution is -0.120. The summed E-state index contributed by atoms with van der Waals surface area (Å²) in [7, 11) is 0. The second kappa shape index (κ2) is 10.6. The monoisotopic (exact) mass is 520 g/mol. The molecule has 0 unspecified atom stereocenters.